The molecule has 4 nitrogen and oxygen atoms in total. The molecule has 1 aromatic heterocycles. The topological polar surface area (TPSA) is 45.8 Å². The van der Waals surface area contributed by atoms with Gasteiger partial charge in [0.25, 0.3) is 0 Å². The van der Waals surface area contributed by atoms with Gasteiger partial charge < -0.3 is 14.3 Å². The van der Waals surface area contributed by atoms with E-state index in [-0.39, 0.29) is 5.75 Å². The quantitative estimate of drug-likeness (QED) is 0.866. The van der Waals surface area contributed by atoms with Gasteiger partial charge in [0, 0.05) is 36.7 Å². The molecule has 4 rings (SSSR count). The molecule has 0 saturated carbocycles. The minimum absolute atomic E-state index is 0.228. The number of aromatic hydroxyl groups is 1. The first-order chi connectivity index (χ1) is 9.78. The Kier molecular flexibility index (Phi) is 2.54. The molecule has 0 amide bonds. The molecule has 1 N–H and O–H groups in total. The van der Waals surface area contributed by atoms with Crippen LogP contribution < -0.4 is 4.74 Å². The fourth-order valence-electron chi connectivity index (χ4n) is 3.54. The Labute approximate surface area is 117 Å². The van der Waals surface area contributed by atoms with Crippen LogP contribution in [0.3, 0.4) is 0 Å². The molecule has 0 fully saturated rings. The second kappa shape index (κ2) is 4.28. The van der Waals surface area contributed by atoms with Crippen LogP contribution in [0.2, 0.25) is 0 Å². The van der Waals surface area contributed by atoms with Crippen LogP contribution in [-0.2, 0) is 19.4 Å². The van der Waals surface area contributed by atoms with E-state index in [1.807, 2.05) is 6.07 Å². The van der Waals surface area contributed by atoms with E-state index in [2.05, 4.69) is 11.0 Å². The van der Waals surface area contributed by atoms with E-state index in [0.717, 1.165) is 37.3 Å². The lowest BCUT2D eigenvalue weighted by Gasteiger charge is -2.40. The number of benzene rings is 1. The van der Waals surface area contributed by atoms with Crippen molar-refractivity contribution in [1.29, 1.82) is 0 Å². The zero-order valence-corrected chi connectivity index (χ0v) is 11.4. The van der Waals surface area contributed by atoms with Gasteiger partial charge in [-0.2, -0.15) is 0 Å². The summed E-state index contributed by atoms with van der Waals surface area (Å²) in [5, 5.41) is 9.93. The number of hydrogen-bond donors (Lipinski definition) is 1. The van der Waals surface area contributed by atoms with Crippen molar-refractivity contribution in [2.75, 3.05) is 13.7 Å². The zero-order chi connectivity index (χ0) is 13.7. The highest BCUT2D eigenvalue weighted by Crippen LogP contribution is 2.43. The minimum Gasteiger partial charge on any atom is -0.504 e. The van der Waals surface area contributed by atoms with E-state index < -0.39 is 0 Å². The average molecular weight is 271 g/mol. The van der Waals surface area contributed by atoms with Gasteiger partial charge in [-0.05, 0) is 24.1 Å². The van der Waals surface area contributed by atoms with Crippen molar-refractivity contribution >= 4 is 0 Å². The van der Waals surface area contributed by atoms with Gasteiger partial charge in [0.05, 0.1) is 13.4 Å². The maximum absolute atomic E-state index is 9.93. The number of phenols is 1. The molecule has 2 aromatic rings. The lowest BCUT2D eigenvalue weighted by Crippen LogP contribution is -2.38. The van der Waals surface area contributed by atoms with Gasteiger partial charge in [0.15, 0.2) is 11.5 Å². The van der Waals surface area contributed by atoms with E-state index >= 15 is 0 Å². The smallest absolute Gasteiger partial charge is 0.165 e. The molecular formula is C16H17NO3. The summed E-state index contributed by atoms with van der Waals surface area (Å²) < 4.78 is 10.9. The van der Waals surface area contributed by atoms with Crippen molar-refractivity contribution in [2.45, 2.75) is 25.4 Å². The first kappa shape index (κ1) is 11.9. The number of hydrogen-bond acceptors (Lipinski definition) is 4. The summed E-state index contributed by atoms with van der Waals surface area (Å²) in [7, 11) is 1.62. The van der Waals surface area contributed by atoms with Crippen LogP contribution in [-0.4, -0.2) is 23.7 Å². The van der Waals surface area contributed by atoms with Gasteiger partial charge in [0.1, 0.15) is 5.76 Å². The van der Waals surface area contributed by atoms with Gasteiger partial charge in [-0.25, -0.2) is 0 Å². The highest BCUT2D eigenvalue weighted by molar-refractivity contribution is 5.51. The van der Waals surface area contributed by atoms with Crippen LogP contribution in [0.1, 0.15) is 28.5 Å². The summed E-state index contributed by atoms with van der Waals surface area (Å²) in [6.07, 6.45) is 3.69. The molecule has 1 atom stereocenters. The molecule has 0 radical (unpaired) electrons. The Morgan fingerprint density at radius 1 is 1.35 bits per heavy atom. The van der Waals surface area contributed by atoms with Crippen LogP contribution in [0, 0.1) is 0 Å². The Morgan fingerprint density at radius 3 is 3.10 bits per heavy atom. The molecule has 104 valence electrons. The summed E-state index contributed by atoms with van der Waals surface area (Å²) in [5.41, 5.74) is 3.69. The number of furan rings is 1. The van der Waals surface area contributed by atoms with Gasteiger partial charge in [-0.15, -0.1) is 0 Å². The lowest BCUT2D eigenvalue weighted by molar-refractivity contribution is 0.151. The molecule has 2 aliphatic rings. The molecule has 20 heavy (non-hydrogen) atoms. The van der Waals surface area contributed by atoms with E-state index in [9.17, 15) is 5.11 Å². The van der Waals surface area contributed by atoms with Gasteiger partial charge >= 0.3 is 0 Å². The Hall–Kier alpha value is -1.94. The predicted molar refractivity (Wildman–Crippen MR) is 73.9 cm³/mol. The predicted octanol–water partition coefficient (Wildman–Crippen LogP) is 2.65. The normalized spacial score (nSPS) is 20.9. The van der Waals surface area contributed by atoms with E-state index in [0.29, 0.717) is 11.8 Å². The van der Waals surface area contributed by atoms with E-state index in [1.54, 1.807) is 19.4 Å². The Bertz CT molecular complexity index is 662. The molecule has 0 unspecified atom stereocenters. The first-order valence-corrected chi connectivity index (χ1v) is 6.96. The van der Waals surface area contributed by atoms with Crippen molar-refractivity contribution in [1.82, 2.24) is 4.90 Å². The third-order valence-electron chi connectivity index (χ3n) is 4.52. The second-order valence-electron chi connectivity index (χ2n) is 5.50. The second-order valence-corrected chi connectivity index (χ2v) is 5.50. The van der Waals surface area contributed by atoms with Crippen molar-refractivity contribution in [2.24, 2.45) is 0 Å². The fraction of sp³-hybridized carbons (Fsp3) is 0.375. The molecule has 0 bridgehead atoms. The fourth-order valence-corrected chi connectivity index (χ4v) is 3.54. The van der Waals surface area contributed by atoms with Gasteiger partial charge in [0.2, 0.25) is 0 Å². The molecule has 0 aliphatic carbocycles. The van der Waals surface area contributed by atoms with Crippen molar-refractivity contribution in [3.05, 3.63) is 46.9 Å². The number of ether oxygens (including phenoxy) is 1. The summed E-state index contributed by atoms with van der Waals surface area (Å²) in [4.78, 5) is 2.45. The third kappa shape index (κ3) is 1.58. The van der Waals surface area contributed by atoms with Gasteiger partial charge in [-0.1, -0.05) is 6.07 Å². The number of methoxy groups -OCH3 is 1. The van der Waals surface area contributed by atoms with Crippen LogP contribution in [0.15, 0.2) is 28.9 Å². The molecule has 0 spiro atoms. The highest BCUT2D eigenvalue weighted by atomic mass is 16.5. The maximum atomic E-state index is 9.93. The number of fused-ring (bicyclic) bond motifs is 4. The van der Waals surface area contributed by atoms with Crippen molar-refractivity contribution in [3.8, 4) is 11.5 Å². The van der Waals surface area contributed by atoms with Crippen LogP contribution in [0.25, 0.3) is 0 Å². The molecule has 0 saturated heterocycles. The van der Waals surface area contributed by atoms with E-state index in [4.69, 9.17) is 9.15 Å². The average Bonchev–Trinajstić information content (AvgIpc) is 2.94. The maximum Gasteiger partial charge on any atom is 0.165 e. The van der Waals surface area contributed by atoms with Crippen LogP contribution in [0.4, 0.5) is 0 Å². The number of rotatable bonds is 1. The monoisotopic (exact) mass is 271 g/mol. The number of phenolic OH excluding ortho intramolecular Hbond substituents is 1. The largest absolute Gasteiger partial charge is 0.504 e. The summed E-state index contributed by atoms with van der Waals surface area (Å²) >= 11 is 0. The Morgan fingerprint density at radius 2 is 2.25 bits per heavy atom. The molecule has 3 heterocycles. The third-order valence-corrected chi connectivity index (χ3v) is 4.52. The van der Waals surface area contributed by atoms with Crippen LogP contribution in [0.5, 0.6) is 11.5 Å². The SMILES string of the molecule is COc1c(O)ccc2c1CN1CCc3occc3[C@@H]1C2. The summed E-state index contributed by atoms with van der Waals surface area (Å²) in [6.45, 7) is 1.81. The van der Waals surface area contributed by atoms with E-state index in [1.165, 1.54) is 11.1 Å². The highest BCUT2D eigenvalue weighted by Gasteiger charge is 2.35. The van der Waals surface area contributed by atoms with Crippen molar-refractivity contribution in [3.63, 3.8) is 0 Å². The molecule has 1 aromatic carbocycles. The van der Waals surface area contributed by atoms with Gasteiger partial charge in [-0.3, -0.25) is 4.90 Å². The van der Waals surface area contributed by atoms with Crippen LogP contribution >= 0.6 is 0 Å². The molecule has 2 aliphatic heterocycles. The van der Waals surface area contributed by atoms with Crippen molar-refractivity contribution < 1.29 is 14.3 Å². The lowest BCUT2D eigenvalue weighted by atomic mass is 9.86. The zero-order valence-electron chi connectivity index (χ0n) is 11.4. The standard InChI is InChI=1S/C16H17NO3/c1-19-16-12-9-17-6-4-15-11(5-7-20-15)13(17)8-10(12)2-3-14(16)18/h2-3,5,7,13,18H,4,6,8-9H2,1H3/t13-/m0/s1. The molecule has 4 heteroatoms. The summed E-state index contributed by atoms with van der Waals surface area (Å²) in [5.74, 6) is 1.98. The Balaban J connectivity index is 1.79. The first-order valence-electron chi connectivity index (χ1n) is 6.96. The molecular weight excluding hydrogens is 254 g/mol. The summed E-state index contributed by atoms with van der Waals surface area (Å²) in [6, 6.07) is 6.22. The number of nitrogens with zero attached hydrogens (tertiary/aromatic N) is 1. The minimum atomic E-state index is 0.228.